The van der Waals surface area contributed by atoms with Gasteiger partial charge in [-0.2, -0.15) is 0 Å². The van der Waals surface area contributed by atoms with Gasteiger partial charge in [-0.25, -0.2) is 0 Å². The molecule has 0 aliphatic heterocycles. The molecule has 0 amide bonds. The maximum Gasteiger partial charge on any atom is 0.123 e. The summed E-state index contributed by atoms with van der Waals surface area (Å²) in [7, 11) is 1.70. The molecule has 3 heteroatoms. The van der Waals surface area contributed by atoms with Crippen molar-refractivity contribution in [2.45, 2.75) is 13.5 Å². The highest BCUT2D eigenvalue weighted by Crippen LogP contribution is 2.29. The zero-order valence-corrected chi connectivity index (χ0v) is 11.6. The van der Waals surface area contributed by atoms with Crippen LogP contribution < -0.4 is 4.74 Å². The van der Waals surface area contributed by atoms with Gasteiger partial charge in [-0.1, -0.05) is 37.3 Å². The van der Waals surface area contributed by atoms with Crippen molar-refractivity contribution in [3.8, 4) is 5.75 Å². The molecule has 2 aromatic carbocycles. The van der Waals surface area contributed by atoms with E-state index in [1.807, 2.05) is 18.2 Å². The van der Waals surface area contributed by atoms with Gasteiger partial charge >= 0.3 is 0 Å². The molecule has 1 N–H and O–H groups in total. The SMILES string of the molecule is CCN(CCO)Cc1c(OC)ccc2ccccc12. The lowest BCUT2D eigenvalue weighted by Crippen LogP contribution is -2.26. The summed E-state index contributed by atoms with van der Waals surface area (Å²) in [5.41, 5.74) is 1.19. The molecule has 2 aromatic rings. The number of fused-ring (bicyclic) bond motifs is 1. The quantitative estimate of drug-likeness (QED) is 0.865. The molecule has 0 fully saturated rings. The van der Waals surface area contributed by atoms with Gasteiger partial charge in [0.1, 0.15) is 5.75 Å². The largest absolute Gasteiger partial charge is 0.496 e. The zero-order valence-electron chi connectivity index (χ0n) is 11.6. The molecule has 0 aliphatic carbocycles. The van der Waals surface area contributed by atoms with E-state index in [0.29, 0.717) is 6.54 Å². The standard InChI is InChI=1S/C16H21NO2/c1-3-17(10-11-18)12-15-14-7-5-4-6-13(14)8-9-16(15)19-2/h4-9,18H,3,10-12H2,1-2H3. The van der Waals surface area contributed by atoms with Gasteiger partial charge in [-0.3, -0.25) is 4.90 Å². The van der Waals surface area contributed by atoms with Gasteiger partial charge < -0.3 is 9.84 Å². The van der Waals surface area contributed by atoms with Crippen molar-refractivity contribution in [1.29, 1.82) is 0 Å². The van der Waals surface area contributed by atoms with E-state index >= 15 is 0 Å². The number of benzene rings is 2. The lowest BCUT2D eigenvalue weighted by Gasteiger charge is -2.21. The number of aliphatic hydroxyl groups is 1. The Morgan fingerprint density at radius 1 is 1.16 bits per heavy atom. The number of hydrogen-bond acceptors (Lipinski definition) is 3. The molecule has 0 saturated heterocycles. The van der Waals surface area contributed by atoms with Crippen molar-refractivity contribution >= 4 is 10.8 Å². The molecule has 0 radical (unpaired) electrons. The normalized spacial score (nSPS) is 11.2. The highest BCUT2D eigenvalue weighted by molar-refractivity contribution is 5.87. The fraction of sp³-hybridized carbons (Fsp3) is 0.375. The molecule has 0 atom stereocenters. The van der Waals surface area contributed by atoms with Crippen LogP contribution >= 0.6 is 0 Å². The van der Waals surface area contributed by atoms with Gasteiger partial charge in [0, 0.05) is 18.7 Å². The molecule has 3 nitrogen and oxygen atoms in total. The topological polar surface area (TPSA) is 32.7 Å². The van der Waals surface area contributed by atoms with Crippen LogP contribution in [0.3, 0.4) is 0 Å². The first-order valence-electron chi connectivity index (χ1n) is 6.68. The number of hydrogen-bond donors (Lipinski definition) is 1. The van der Waals surface area contributed by atoms with E-state index in [2.05, 4.69) is 30.0 Å². The molecule has 0 heterocycles. The number of ether oxygens (including phenoxy) is 1. The van der Waals surface area contributed by atoms with Crippen LogP contribution in [0.1, 0.15) is 12.5 Å². The van der Waals surface area contributed by atoms with Crippen molar-refractivity contribution in [2.75, 3.05) is 26.8 Å². The predicted octanol–water partition coefficient (Wildman–Crippen LogP) is 2.66. The first-order chi connectivity index (χ1) is 9.30. The van der Waals surface area contributed by atoms with Crippen LogP contribution in [0.4, 0.5) is 0 Å². The Labute approximate surface area is 114 Å². The van der Waals surface area contributed by atoms with Gasteiger partial charge in [0.15, 0.2) is 0 Å². The fourth-order valence-electron chi connectivity index (χ4n) is 2.38. The Morgan fingerprint density at radius 2 is 1.95 bits per heavy atom. The summed E-state index contributed by atoms with van der Waals surface area (Å²) >= 11 is 0. The van der Waals surface area contributed by atoms with Crippen LogP contribution in [0.15, 0.2) is 36.4 Å². The Hall–Kier alpha value is -1.58. The number of aliphatic hydroxyl groups excluding tert-OH is 1. The average molecular weight is 259 g/mol. The third kappa shape index (κ3) is 3.06. The first kappa shape index (κ1) is 13.8. The van der Waals surface area contributed by atoms with Crippen molar-refractivity contribution < 1.29 is 9.84 Å². The molecule has 0 unspecified atom stereocenters. The van der Waals surface area contributed by atoms with Gasteiger partial charge in [0.05, 0.1) is 13.7 Å². The van der Waals surface area contributed by atoms with Crippen molar-refractivity contribution in [2.24, 2.45) is 0 Å². The zero-order chi connectivity index (χ0) is 13.7. The minimum absolute atomic E-state index is 0.181. The second-order valence-electron chi connectivity index (χ2n) is 4.56. The monoisotopic (exact) mass is 259 g/mol. The summed E-state index contributed by atoms with van der Waals surface area (Å²) in [4.78, 5) is 2.21. The lowest BCUT2D eigenvalue weighted by atomic mass is 10.0. The molecule has 0 spiro atoms. The van der Waals surface area contributed by atoms with E-state index in [9.17, 15) is 0 Å². The second kappa shape index (κ2) is 6.55. The average Bonchev–Trinajstić information content (AvgIpc) is 2.46. The Balaban J connectivity index is 2.43. The summed E-state index contributed by atoms with van der Waals surface area (Å²) in [6.45, 7) is 4.67. The van der Waals surface area contributed by atoms with Crippen molar-refractivity contribution in [3.05, 3.63) is 42.0 Å². The van der Waals surface area contributed by atoms with Crippen molar-refractivity contribution in [3.63, 3.8) is 0 Å². The summed E-state index contributed by atoms with van der Waals surface area (Å²) in [6.07, 6.45) is 0. The molecule has 2 rings (SSSR count). The second-order valence-corrected chi connectivity index (χ2v) is 4.56. The molecule has 0 aromatic heterocycles. The van der Waals surface area contributed by atoms with E-state index in [1.165, 1.54) is 16.3 Å². The number of likely N-dealkylation sites (N-methyl/N-ethyl adjacent to an activating group) is 1. The molecule has 19 heavy (non-hydrogen) atoms. The minimum atomic E-state index is 0.181. The molecule has 102 valence electrons. The van der Waals surface area contributed by atoms with E-state index in [0.717, 1.165) is 18.8 Å². The maximum absolute atomic E-state index is 9.11. The summed E-state index contributed by atoms with van der Waals surface area (Å²) in [6, 6.07) is 12.4. The highest BCUT2D eigenvalue weighted by atomic mass is 16.5. The van der Waals surface area contributed by atoms with Crippen molar-refractivity contribution in [1.82, 2.24) is 4.90 Å². The van der Waals surface area contributed by atoms with E-state index in [4.69, 9.17) is 9.84 Å². The van der Waals surface area contributed by atoms with Crippen LogP contribution in [-0.2, 0) is 6.54 Å². The van der Waals surface area contributed by atoms with Crippen LogP contribution in [0, 0.1) is 0 Å². The third-order valence-corrected chi connectivity index (χ3v) is 3.46. The van der Waals surface area contributed by atoms with Gasteiger partial charge in [-0.05, 0) is 23.4 Å². The third-order valence-electron chi connectivity index (χ3n) is 3.46. The van der Waals surface area contributed by atoms with Crippen LogP contribution in [0.5, 0.6) is 5.75 Å². The number of nitrogens with zero attached hydrogens (tertiary/aromatic N) is 1. The summed E-state index contributed by atoms with van der Waals surface area (Å²) in [5, 5.41) is 11.6. The number of methoxy groups -OCH3 is 1. The number of rotatable bonds is 6. The fourth-order valence-corrected chi connectivity index (χ4v) is 2.38. The van der Waals surface area contributed by atoms with Crippen LogP contribution in [-0.4, -0.2) is 36.8 Å². The minimum Gasteiger partial charge on any atom is -0.496 e. The lowest BCUT2D eigenvalue weighted by molar-refractivity contribution is 0.196. The van der Waals surface area contributed by atoms with Gasteiger partial charge in [-0.15, -0.1) is 0 Å². The summed E-state index contributed by atoms with van der Waals surface area (Å²) < 4.78 is 5.49. The Kier molecular flexibility index (Phi) is 4.77. The van der Waals surface area contributed by atoms with E-state index < -0.39 is 0 Å². The van der Waals surface area contributed by atoms with Crippen LogP contribution in [0.2, 0.25) is 0 Å². The van der Waals surface area contributed by atoms with Gasteiger partial charge in [0.25, 0.3) is 0 Å². The maximum atomic E-state index is 9.11. The smallest absolute Gasteiger partial charge is 0.123 e. The highest BCUT2D eigenvalue weighted by Gasteiger charge is 2.11. The molecule has 0 saturated carbocycles. The van der Waals surface area contributed by atoms with Crippen LogP contribution in [0.25, 0.3) is 10.8 Å². The molecule has 0 bridgehead atoms. The molecular formula is C16H21NO2. The van der Waals surface area contributed by atoms with Gasteiger partial charge in [0.2, 0.25) is 0 Å². The Bertz CT molecular complexity index is 539. The molecular weight excluding hydrogens is 238 g/mol. The molecule has 0 aliphatic rings. The Morgan fingerprint density at radius 3 is 2.63 bits per heavy atom. The van der Waals surface area contributed by atoms with E-state index in [1.54, 1.807) is 7.11 Å². The predicted molar refractivity (Wildman–Crippen MR) is 78.5 cm³/mol. The first-order valence-corrected chi connectivity index (χ1v) is 6.68. The summed E-state index contributed by atoms with van der Waals surface area (Å²) in [5.74, 6) is 0.912. The van der Waals surface area contributed by atoms with E-state index in [-0.39, 0.29) is 6.61 Å².